The number of imidazole rings is 1. The van der Waals surface area contributed by atoms with E-state index in [0.29, 0.717) is 26.1 Å². The molecule has 1 saturated carbocycles. The number of fused-ring (bicyclic) bond motifs is 1. The van der Waals surface area contributed by atoms with Crippen LogP contribution in [0, 0.1) is 0 Å². The summed E-state index contributed by atoms with van der Waals surface area (Å²) in [6.45, 7) is 2.07. The third kappa shape index (κ3) is 5.60. The number of aromatic nitrogens is 2. The molecule has 0 radical (unpaired) electrons. The van der Waals surface area contributed by atoms with Crippen molar-refractivity contribution in [3.63, 3.8) is 0 Å². The van der Waals surface area contributed by atoms with Gasteiger partial charge in [0.2, 0.25) is 11.8 Å². The van der Waals surface area contributed by atoms with Crippen LogP contribution in [0.4, 0.5) is 0 Å². The Morgan fingerprint density at radius 3 is 2.26 bits per heavy atom. The number of para-hydroxylation sites is 2. The van der Waals surface area contributed by atoms with Crippen molar-refractivity contribution < 1.29 is 9.59 Å². The van der Waals surface area contributed by atoms with Gasteiger partial charge in [0.05, 0.1) is 11.0 Å². The lowest BCUT2D eigenvalue weighted by atomic mass is 9.93. The van der Waals surface area contributed by atoms with Gasteiger partial charge < -0.3 is 14.4 Å². The van der Waals surface area contributed by atoms with Crippen LogP contribution < -0.4 is 0 Å². The zero-order valence-electron chi connectivity index (χ0n) is 22.4. The topological polar surface area (TPSA) is 58.4 Å². The van der Waals surface area contributed by atoms with Gasteiger partial charge in [0.15, 0.2) is 0 Å². The lowest BCUT2D eigenvalue weighted by molar-refractivity contribution is -0.135. The highest BCUT2D eigenvalue weighted by Gasteiger charge is 2.35. The normalized spacial score (nSPS) is 18.1. The maximum atomic E-state index is 14.1. The average molecular weight is 521 g/mol. The monoisotopic (exact) mass is 520 g/mol. The van der Waals surface area contributed by atoms with E-state index in [4.69, 9.17) is 4.98 Å². The molecular formula is C33H36N4O2. The Bertz CT molecular complexity index is 1430. The summed E-state index contributed by atoms with van der Waals surface area (Å²) in [7, 11) is 0. The number of amides is 2. The summed E-state index contributed by atoms with van der Waals surface area (Å²) in [5.41, 5.74) is 4.11. The molecule has 2 amide bonds. The van der Waals surface area contributed by atoms with Crippen LogP contribution in [0.1, 0.15) is 61.4 Å². The van der Waals surface area contributed by atoms with Crippen LogP contribution in [-0.4, -0.2) is 43.8 Å². The Kier molecular flexibility index (Phi) is 7.44. The number of carbonyl (C=O) groups excluding carboxylic acids is 2. The van der Waals surface area contributed by atoms with Crippen molar-refractivity contribution in [3.8, 4) is 0 Å². The highest BCUT2D eigenvalue weighted by atomic mass is 16.2. The van der Waals surface area contributed by atoms with Crippen LogP contribution in [0.5, 0.6) is 0 Å². The summed E-state index contributed by atoms with van der Waals surface area (Å²) in [5.74, 6) is 1.07. The second-order valence-electron chi connectivity index (χ2n) is 11.0. The van der Waals surface area contributed by atoms with E-state index < -0.39 is 0 Å². The fraction of sp³-hybridized carbons (Fsp3) is 0.364. The van der Waals surface area contributed by atoms with Gasteiger partial charge in [-0.05, 0) is 36.1 Å². The van der Waals surface area contributed by atoms with E-state index in [0.717, 1.165) is 40.8 Å². The molecule has 1 unspecified atom stereocenters. The van der Waals surface area contributed by atoms with Crippen LogP contribution in [0.2, 0.25) is 0 Å². The number of carbonyl (C=O) groups is 2. The summed E-state index contributed by atoms with van der Waals surface area (Å²) in [4.78, 5) is 36.2. The van der Waals surface area contributed by atoms with Crippen molar-refractivity contribution in [1.29, 1.82) is 0 Å². The summed E-state index contributed by atoms with van der Waals surface area (Å²) in [6, 6.07) is 28.7. The molecular weight excluding hydrogens is 484 g/mol. The van der Waals surface area contributed by atoms with Gasteiger partial charge in [-0.1, -0.05) is 92.1 Å². The van der Waals surface area contributed by atoms with Gasteiger partial charge in [0.1, 0.15) is 12.4 Å². The van der Waals surface area contributed by atoms with Crippen molar-refractivity contribution in [2.75, 3.05) is 6.54 Å². The molecule has 1 aromatic heterocycles. The fourth-order valence-electron chi connectivity index (χ4n) is 6.29. The molecule has 3 aromatic carbocycles. The zero-order chi connectivity index (χ0) is 26.6. The first-order valence-electron chi connectivity index (χ1n) is 14.3. The van der Waals surface area contributed by atoms with Crippen LogP contribution in [-0.2, 0) is 29.2 Å². The highest BCUT2D eigenvalue weighted by molar-refractivity contribution is 5.83. The van der Waals surface area contributed by atoms with E-state index >= 15 is 0 Å². The molecule has 0 spiro atoms. The molecule has 6 rings (SSSR count). The fourth-order valence-corrected chi connectivity index (χ4v) is 6.29. The van der Waals surface area contributed by atoms with Gasteiger partial charge in [-0.15, -0.1) is 0 Å². The van der Waals surface area contributed by atoms with Gasteiger partial charge in [0.25, 0.3) is 0 Å². The predicted octanol–water partition coefficient (Wildman–Crippen LogP) is 5.91. The van der Waals surface area contributed by atoms with E-state index in [2.05, 4.69) is 33.7 Å². The summed E-state index contributed by atoms with van der Waals surface area (Å²) in [6.07, 6.45) is 6.12. The highest BCUT2D eigenvalue weighted by Crippen LogP contribution is 2.32. The van der Waals surface area contributed by atoms with Crippen molar-refractivity contribution in [1.82, 2.24) is 19.4 Å². The van der Waals surface area contributed by atoms with Gasteiger partial charge in [-0.2, -0.15) is 0 Å². The maximum absolute atomic E-state index is 14.1. The maximum Gasteiger partial charge on any atom is 0.243 e. The van der Waals surface area contributed by atoms with Gasteiger partial charge in [0, 0.05) is 38.0 Å². The molecule has 1 saturated heterocycles. The molecule has 6 heteroatoms. The Morgan fingerprint density at radius 2 is 1.51 bits per heavy atom. The number of hydrogen-bond acceptors (Lipinski definition) is 3. The molecule has 0 bridgehead atoms. The lowest BCUT2D eigenvalue weighted by Crippen LogP contribution is -2.42. The molecule has 2 fully saturated rings. The molecule has 1 aliphatic heterocycles. The number of likely N-dealkylation sites (tertiary alicyclic amines) is 1. The van der Waals surface area contributed by atoms with Crippen molar-refractivity contribution in [2.24, 2.45) is 0 Å². The molecule has 4 aromatic rings. The van der Waals surface area contributed by atoms with E-state index in [9.17, 15) is 9.59 Å². The SMILES string of the molecule is O=C1CC(c2nc3ccccc3n2CC(=O)N(Cc2ccccc2)C2CCCCC2)CN1Cc1ccccc1. The molecule has 2 heterocycles. The summed E-state index contributed by atoms with van der Waals surface area (Å²) < 4.78 is 2.09. The van der Waals surface area contributed by atoms with E-state index in [1.165, 1.54) is 19.3 Å². The molecule has 200 valence electrons. The smallest absolute Gasteiger partial charge is 0.243 e. The van der Waals surface area contributed by atoms with E-state index in [1.54, 1.807) is 0 Å². The van der Waals surface area contributed by atoms with Crippen molar-refractivity contribution in [3.05, 3.63) is 102 Å². The minimum absolute atomic E-state index is 0.0429. The van der Waals surface area contributed by atoms with Gasteiger partial charge >= 0.3 is 0 Å². The summed E-state index contributed by atoms with van der Waals surface area (Å²) in [5, 5.41) is 0. The number of hydrogen-bond donors (Lipinski definition) is 0. The molecule has 6 nitrogen and oxygen atoms in total. The standard InChI is InChI=1S/C33H36N4O2/c38-31-20-27(23-35(31)21-25-12-4-1-5-13-25)33-34-29-18-10-11-19-30(29)37(33)24-32(39)36(28-16-8-3-9-17-28)22-26-14-6-2-7-15-26/h1-2,4-7,10-15,18-19,27-28H,3,8-9,16-17,20-24H2. The first-order valence-corrected chi connectivity index (χ1v) is 14.3. The third-order valence-electron chi connectivity index (χ3n) is 8.30. The van der Waals surface area contributed by atoms with E-state index in [-0.39, 0.29) is 30.3 Å². The minimum atomic E-state index is -0.0429. The molecule has 1 aliphatic carbocycles. The molecule has 39 heavy (non-hydrogen) atoms. The molecule has 2 aliphatic rings. The van der Waals surface area contributed by atoms with Crippen LogP contribution in [0.3, 0.4) is 0 Å². The lowest BCUT2D eigenvalue weighted by Gasteiger charge is -2.35. The third-order valence-corrected chi connectivity index (χ3v) is 8.30. The Labute approximate surface area is 230 Å². The first-order chi connectivity index (χ1) is 19.2. The Morgan fingerprint density at radius 1 is 0.846 bits per heavy atom. The number of benzene rings is 3. The van der Waals surface area contributed by atoms with Gasteiger partial charge in [-0.25, -0.2) is 4.98 Å². The average Bonchev–Trinajstić information content (AvgIpc) is 3.53. The predicted molar refractivity (Wildman–Crippen MR) is 153 cm³/mol. The Hall–Kier alpha value is -3.93. The van der Waals surface area contributed by atoms with Crippen LogP contribution >= 0.6 is 0 Å². The molecule has 1 atom stereocenters. The van der Waals surface area contributed by atoms with Crippen LogP contribution in [0.15, 0.2) is 84.9 Å². The summed E-state index contributed by atoms with van der Waals surface area (Å²) >= 11 is 0. The van der Waals surface area contributed by atoms with E-state index in [1.807, 2.05) is 65.6 Å². The Balaban J connectivity index is 1.28. The van der Waals surface area contributed by atoms with Crippen molar-refractivity contribution >= 4 is 22.8 Å². The quantitative estimate of drug-likeness (QED) is 0.290. The zero-order valence-corrected chi connectivity index (χ0v) is 22.4. The first kappa shape index (κ1) is 25.4. The minimum Gasteiger partial charge on any atom is -0.338 e. The second kappa shape index (κ2) is 11.4. The van der Waals surface area contributed by atoms with Gasteiger partial charge in [-0.3, -0.25) is 9.59 Å². The second-order valence-corrected chi connectivity index (χ2v) is 11.0. The number of rotatable bonds is 8. The number of nitrogens with zero attached hydrogens (tertiary/aromatic N) is 4. The molecule has 0 N–H and O–H groups in total. The largest absolute Gasteiger partial charge is 0.338 e. The van der Waals surface area contributed by atoms with Crippen molar-refractivity contribution in [2.45, 2.75) is 70.1 Å². The van der Waals surface area contributed by atoms with Crippen LogP contribution in [0.25, 0.3) is 11.0 Å².